The van der Waals surface area contributed by atoms with Crippen LogP contribution < -0.4 is 4.72 Å². The second-order valence-electron chi connectivity index (χ2n) is 5.31. The zero-order valence-corrected chi connectivity index (χ0v) is 12.8. The number of nitrogens with one attached hydrogen (secondary N) is 1. The van der Waals surface area contributed by atoms with E-state index in [1.165, 1.54) is 7.11 Å². The number of ether oxygens (including phenoxy) is 1. The highest BCUT2D eigenvalue weighted by Gasteiger charge is 2.42. The lowest BCUT2D eigenvalue weighted by Gasteiger charge is -2.21. The first kappa shape index (κ1) is 16.4. The van der Waals surface area contributed by atoms with Crippen molar-refractivity contribution in [1.82, 2.24) is 4.72 Å². The molecule has 0 amide bonds. The molecule has 3 atom stereocenters. The highest BCUT2D eigenvalue weighted by Crippen LogP contribution is 2.31. The molecule has 0 spiro atoms. The Morgan fingerprint density at radius 1 is 1.42 bits per heavy atom. The molecule has 1 fully saturated rings. The summed E-state index contributed by atoms with van der Waals surface area (Å²) in [6.07, 6.45) is 4.76. The maximum Gasteiger partial charge on any atom is 0.310 e. The summed E-state index contributed by atoms with van der Waals surface area (Å²) in [5, 5.41) is -0.635. The summed E-state index contributed by atoms with van der Waals surface area (Å²) in [6.45, 7) is 3.95. The smallest absolute Gasteiger partial charge is 0.310 e. The molecule has 112 valence electrons. The first-order chi connectivity index (χ1) is 8.92. The largest absolute Gasteiger partial charge is 0.469 e. The van der Waals surface area contributed by atoms with E-state index in [2.05, 4.69) is 11.6 Å². The molecule has 0 saturated heterocycles. The molecule has 0 bridgehead atoms. The molecular formula is C13H25NO4S. The van der Waals surface area contributed by atoms with Crippen molar-refractivity contribution in [3.05, 3.63) is 0 Å². The summed E-state index contributed by atoms with van der Waals surface area (Å²) >= 11 is 0. The predicted molar refractivity (Wildman–Crippen MR) is 74.2 cm³/mol. The third kappa shape index (κ3) is 4.45. The SMILES string of the molecule is CCCCC(C)NS(=O)(=O)C1CCCC1C(=O)OC. The van der Waals surface area contributed by atoms with E-state index in [0.717, 1.165) is 25.7 Å². The normalized spacial score (nSPS) is 25.2. The zero-order chi connectivity index (χ0) is 14.5. The first-order valence-corrected chi connectivity index (χ1v) is 8.56. The molecular weight excluding hydrogens is 266 g/mol. The fraction of sp³-hybridized carbons (Fsp3) is 0.923. The number of rotatable bonds is 7. The lowest BCUT2D eigenvalue weighted by Crippen LogP contribution is -2.43. The van der Waals surface area contributed by atoms with Crippen LogP contribution >= 0.6 is 0 Å². The molecule has 0 aromatic rings. The average molecular weight is 291 g/mol. The number of unbranched alkanes of at least 4 members (excludes halogenated alkanes) is 1. The molecule has 1 saturated carbocycles. The van der Waals surface area contributed by atoms with Crippen LogP contribution in [-0.4, -0.2) is 32.8 Å². The number of carbonyl (C=O) groups excluding carboxylic acids is 1. The van der Waals surface area contributed by atoms with Gasteiger partial charge in [-0.2, -0.15) is 0 Å². The topological polar surface area (TPSA) is 72.5 Å². The Morgan fingerprint density at radius 2 is 2.11 bits per heavy atom. The quantitative estimate of drug-likeness (QED) is 0.726. The van der Waals surface area contributed by atoms with Crippen LogP contribution in [0.3, 0.4) is 0 Å². The van der Waals surface area contributed by atoms with Crippen molar-refractivity contribution in [1.29, 1.82) is 0 Å². The lowest BCUT2D eigenvalue weighted by atomic mass is 10.1. The third-order valence-corrected chi connectivity index (χ3v) is 5.80. The number of carbonyl (C=O) groups is 1. The van der Waals surface area contributed by atoms with E-state index in [4.69, 9.17) is 4.74 Å². The van der Waals surface area contributed by atoms with Crippen LogP contribution in [0.25, 0.3) is 0 Å². The Kier molecular flexibility index (Phi) is 6.26. The van der Waals surface area contributed by atoms with Crippen molar-refractivity contribution >= 4 is 16.0 Å². The van der Waals surface area contributed by atoms with Gasteiger partial charge in [0, 0.05) is 6.04 Å². The summed E-state index contributed by atoms with van der Waals surface area (Å²) in [6, 6.07) is -0.0798. The van der Waals surface area contributed by atoms with Gasteiger partial charge in [0.1, 0.15) is 0 Å². The molecule has 0 radical (unpaired) electrons. The van der Waals surface area contributed by atoms with Gasteiger partial charge in [-0.05, 0) is 26.2 Å². The van der Waals surface area contributed by atoms with E-state index >= 15 is 0 Å². The Hall–Kier alpha value is -0.620. The Morgan fingerprint density at radius 3 is 2.68 bits per heavy atom. The van der Waals surface area contributed by atoms with Gasteiger partial charge >= 0.3 is 5.97 Å². The Bertz CT molecular complexity index is 393. The van der Waals surface area contributed by atoms with Gasteiger partial charge in [0.2, 0.25) is 10.0 Å². The molecule has 1 aliphatic rings. The summed E-state index contributed by atoms with van der Waals surface area (Å²) in [4.78, 5) is 11.6. The van der Waals surface area contributed by atoms with E-state index in [1.54, 1.807) is 0 Å². The van der Waals surface area contributed by atoms with Gasteiger partial charge in [0.05, 0.1) is 18.3 Å². The molecule has 0 aromatic heterocycles. The second-order valence-corrected chi connectivity index (χ2v) is 7.24. The van der Waals surface area contributed by atoms with Crippen LogP contribution in [-0.2, 0) is 19.6 Å². The van der Waals surface area contributed by atoms with Gasteiger partial charge in [-0.3, -0.25) is 4.79 Å². The van der Waals surface area contributed by atoms with E-state index < -0.39 is 27.2 Å². The molecule has 1 N–H and O–H groups in total. The summed E-state index contributed by atoms with van der Waals surface area (Å²) in [7, 11) is -2.14. The minimum Gasteiger partial charge on any atom is -0.469 e. The lowest BCUT2D eigenvalue weighted by molar-refractivity contribution is -0.145. The minimum atomic E-state index is -3.44. The van der Waals surface area contributed by atoms with Gasteiger partial charge < -0.3 is 4.74 Å². The van der Waals surface area contributed by atoms with Gasteiger partial charge in [-0.1, -0.05) is 26.2 Å². The summed E-state index contributed by atoms with van der Waals surface area (Å²) < 4.78 is 32.0. The van der Waals surface area contributed by atoms with E-state index in [9.17, 15) is 13.2 Å². The van der Waals surface area contributed by atoms with Crippen molar-refractivity contribution in [2.24, 2.45) is 5.92 Å². The van der Waals surface area contributed by atoms with Crippen LogP contribution in [0.5, 0.6) is 0 Å². The number of hydrogen-bond donors (Lipinski definition) is 1. The zero-order valence-electron chi connectivity index (χ0n) is 12.0. The van der Waals surface area contributed by atoms with Crippen LogP contribution in [0, 0.1) is 5.92 Å². The number of methoxy groups -OCH3 is 1. The molecule has 19 heavy (non-hydrogen) atoms. The van der Waals surface area contributed by atoms with Crippen LogP contribution in [0.15, 0.2) is 0 Å². The molecule has 0 heterocycles. The van der Waals surface area contributed by atoms with Gasteiger partial charge in [0.15, 0.2) is 0 Å². The molecule has 0 aliphatic heterocycles. The average Bonchev–Trinajstić information content (AvgIpc) is 2.84. The minimum absolute atomic E-state index is 0.0798. The first-order valence-electron chi connectivity index (χ1n) is 7.01. The molecule has 3 unspecified atom stereocenters. The van der Waals surface area contributed by atoms with E-state index in [1.807, 2.05) is 6.92 Å². The van der Waals surface area contributed by atoms with Gasteiger partial charge in [-0.15, -0.1) is 0 Å². The molecule has 5 nitrogen and oxygen atoms in total. The van der Waals surface area contributed by atoms with Crippen molar-refractivity contribution < 1.29 is 17.9 Å². The van der Waals surface area contributed by atoms with Crippen LogP contribution in [0.2, 0.25) is 0 Å². The van der Waals surface area contributed by atoms with Crippen molar-refractivity contribution in [2.75, 3.05) is 7.11 Å². The number of hydrogen-bond acceptors (Lipinski definition) is 4. The molecule has 1 rings (SSSR count). The fourth-order valence-corrected chi connectivity index (χ4v) is 4.67. The standard InChI is InChI=1S/C13H25NO4S/c1-4-5-7-10(2)14-19(16,17)12-9-6-8-11(12)13(15)18-3/h10-12,14H,4-9H2,1-3H3. The molecule has 1 aliphatic carbocycles. The van der Waals surface area contributed by atoms with E-state index in [0.29, 0.717) is 12.8 Å². The second kappa shape index (κ2) is 7.24. The predicted octanol–water partition coefficient (Wildman–Crippen LogP) is 1.83. The van der Waals surface area contributed by atoms with Crippen molar-refractivity contribution in [2.45, 2.75) is 63.7 Å². The van der Waals surface area contributed by atoms with E-state index in [-0.39, 0.29) is 6.04 Å². The maximum atomic E-state index is 12.3. The Labute approximate surface area is 116 Å². The molecule has 0 aromatic carbocycles. The third-order valence-electron chi connectivity index (χ3n) is 3.71. The summed E-state index contributed by atoms with van der Waals surface area (Å²) in [5.74, 6) is -0.921. The highest BCUT2D eigenvalue weighted by atomic mass is 32.2. The van der Waals surface area contributed by atoms with Gasteiger partial charge in [0.25, 0.3) is 0 Å². The van der Waals surface area contributed by atoms with Crippen molar-refractivity contribution in [3.63, 3.8) is 0 Å². The highest BCUT2D eigenvalue weighted by molar-refractivity contribution is 7.90. The van der Waals surface area contributed by atoms with Crippen LogP contribution in [0.4, 0.5) is 0 Å². The Balaban J connectivity index is 2.68. The molecule has 6 heteroatoms. The fourth-order valence-electron chi connectivity index (χ4n) is 2.66. The monoisotopic (exact) mass is 291 g/mol. The summed E-state index contributed by atoms with van der Waals surface area (Å²) in [5.41, 5.74) is 0. The van der Waals surface area contributed by atoms with Gasteiger partial charge in [-0.25, -0.2) is 13.1 Å². The number of esters is 1. The maximum absolute atomic E-state index is 12.3. The van der Waals surface area contributed by atoms with Crippen molar-refractivity contribution in [3.8, 4) is 0 Å². The van der Waals surface area contributed by atoms with Crippen LogP contribution in [0.1, 0.15) is 52.4 Å². The number of sulfonamides is 1.